The number of nitrogens with one attached hydrogen (secondary N) is 1. The molecule has 1 saturated heterocycles. The average molecular weight is 300 g/mol. The van der Waals surface area contributed by atoms with E-state index in [1.165, 1.54) is 18.2 Å². The van der Waals surface area contributed by atoms with Gasteiger partial charge in [0.1, 0.15) is 11.6 Å². The van der Waals surface area contributed by atoms with Crippen molar-refractivity contribution in [3.8, 4) is 0 Å². The standard InChI is InChI=1S/C15H22F2N2S/c1-3-18-14(15-10-20-7-6-19(15)2)9-11-8-12(16)4-5-13(11)17/h4-5,8,14-15,18H,3,6-7,9-10H2,1-2H3. The Kier molecular flexibility index (Phi) is 5.81. The van der Waals surface area contributed by atoms with E-state index in [9.17, 15) is 8.78 Å². The lowest BCUT2D eigenvalue weighted by atomic mass is 9.98. The summed E-state index contributed by atoms with van der Waals surface area (Å²) in [7, 11) is 2.11. The second kappa shape index (κ2) is 7.38. The molecule has 5 heteroatoms. The third-order valence-corrected chi connectivity index (χ3v) is 4.87. The summed E-state index contributed by atoms with van der Waals surface area (Å²) >= 11 is 1.93. The van der Waals surface area contributed by atoms with Crippen molar-refractivity contribution in [3.63, 3.8) is 0 Å². The molecule has 1 aliphatic heterocycles. The van der Waals surface area contributed by atoms with E-state index in [1.807, 2.05) is 18.7 Å². The first-order valence-electron chi connectivity index (χ1n) is 7.07. The van der Waals surface area contributed by atoms with Crippen LogP contribution in [0.15, 0.2) is 18.2 Å². The minimum absolute atomic E-state index is 0.147. The summed E-state index contributed by atoms with van der Waals surface area (Å²) in [6.07, 6.45) is 0.521. The molecule has 0 saturated carbocycles. The zero-order valence-corrected chi connectivity index (χ0v) is 12.9. The van der Waals surface area contributed by atoms with Crippen LogP contribution in [0.4, 0.5) is 8.78 Å². The van der Waals surface area contributed by atoms with Crippen LogP contribution in [0.5, 0.6) is 0 Å². The Morgan fingerprint density at radius 3 is 2.95 bits per heavy atom. The summed E-state index contributed by atoms with van der Waals surface area (Å²) in [5.74, 6) is 1.48. The van der Waals surface area contributed by atoms with Crippen LogP contribution in [0.3, 0.4) is 0 Å². The molecule has 1 N–H and O–H groups in total. The SMILES string of the molecule is CCNC(Cc1cc(F)ccc1F)C1CSCCN1C. The van der Waals surface area contributed by atoms with Crippen molar-refractivity contribution in [2.45, 2.75) is 25.4 Å². The second-order valence-corrected chi connectivity index (χ2v) is 6.38. The predicted octanol–water partition coefficient (Wildman–Crippen LogP) is 2.53. The molecule has 2 nitrogen and oxygen atoms in total. The lowest BCUT2D eigenvalue weighted by molar-refractivity contribution is 0.214. The highest BCUT2D eigenvalue weighted by molar-refractivity contribution is 7.99. The van der Waals surface area contributed by atoms with Crippen LogP contribution >= 0.6 is 11.8 Å². The fraction of sp³-hybridized carbons (Fsp3) is 0.600. The Morgan fingerprint density at radius 2 is 2.25 bits per heavy atom. The Labute approximate surface area is 123 Å². The highest BCUT2D eigenvalue weighted by Crippen LogP contribution is 2.21. The van der Waals surface area contributed by atoms with Crippen molar-refractivity contribution < 1.29 is 8.78 Å². The number of likely N-dealkylation sites (N-methyl/N-ethyl adjacent to an activating group) is 2. The van der Waals surface area contributed by atoms with Crippen LogP contribution in [0.25, 0.3) is 0 Å². The number of hydrogen-bond acceptors (Lipinski definition) is 3. The number of nitrogens with zero attached hydrogens (tertiary/aromatic N) is 1. The summed E-state index contributed by atoms with van der Waals surface area (Å²) in [6.45, 7) is 3.92. The van der Waals surface area contributed by atoms with Gasteiger partial charge in [-0.25, -0.2) is 8.78 Å². The maximum atomic E-state index is 13.8. The van der Waals surface area contributed by atoms with E-state index in [0.717, 1.165) is 24.6 Å². The minimum atomic E-state index is -0.372. The van der Waals surface area contributed by atoms with E-state index < -0.39 is 0 Å². The molecule has 0 radical (unpaired) electrons. The predicted molar refractivity (Wildman–Crippen MR) is 81.3 cm³/mol. The van der Waals surface area contributed by atoms with E-state index in [2.05, 4.69) is 17.3 Å². The molecule has 1 aliphatic rings. The molecule has 112 valence electrons. The fourth-order valence-corrected chi connectivity index (χ4v) is 3.98. The van der Waals surface area contributed by atoms with Crippen molar-refractivity contribution in [1.82, 2.24) is 10.2 Å². The van der Waals surface area contributed by atoms with Crippen LogP contribution in [0.2, 0.25) is 0 Å². The van der Waals surface area contributed by atoms with E-state index in [-0.39, 0.29) is 17.7 Å². The Balaban J connectivity index is 2.13. The average Bonchev–Trinajstić information content (AvgIpc) is 2.43. The van der Waals surface area contributed by atoms with Gasteiger partial charge in [-0.05, 0) is 43.8 Å². The quantitative estimate of drug-likeness (QED) is 0.899. The van der Waals surface area contributed by atoms with E-state index in [0.29, 0.717) is 18.0 Å². The Hall–Kier alpha value is -0.650. The van der Waals surface area contributed by atoms with Gasteiger partial charge < -0.3 is 10.2 Å². The molecular weight excluding hydrogens is 278 g/mol. The van der Waals surface area contributed by atoms with Gasteiger partial charge in [-0.2, -0.15) is 11.8 Å². The normalized spacial score (nSPS) is 21.9. The summed E-state index contributed by atoms with van der Waals surface area (Å²) in [4.78, 5) is 2.32. The van der Waals surface area contributed by atoms with Gasteiger partial charge in [-0.1, -0.05) is 6.92 Å². The van der Waals surface area contributed by atoms with Crippen molar-refractivity contribution in [2.24, 2.45) is 0 Å². The smallest absolute Gasteiger partial charge is 0.126 e. The first-order valence-corrected chi connectivity index (χ1v) is 8.22. The summed E-state index contributed by atoms with van der Waals surface area (Å²) in [5.41, 5.74) is 0.458. The van der Waals surface area contributed by atoms with Crippen LogP contribution in [0, 0.1) is 11.6 Å². The lowest BCUT2D eigenvalue weighted by Crippen LogP contribution is -2.53. The minimum Gasteiger partial charge on any atom is -0.312 e. The largest absolute Gasteiger partial charge is 0.312 e. The van der Waals surface area contributed by atoms with E-state index >= 15 is 0 Å². The van der Waals surface area contributed by atoms with Gasteiger partial charge in [-0.15, -0.1) is 0 Å². The number of hydrogen-bond donors (Lipinski definition) is 1. The van der Waals surface area contributed by atoms with Crippen LogP contribution in [-0.2, 0) is 6.42 Å². The van der Waals surface area contributed by atoms with Crippen LogP contribution < -0.4 is 5.32 Å². The zero-order chi connectivity index (χ0) is 14.5. The van der Waals surface area contributed by atoms with E-state index in [4.69, 9.17) is 0 Å². The maximum Gasteiger partial charge on any atom is 0.126 e. The summed E-state index contributed by atoms with van der Waals surface area (Å²) < 4.78 is 27.1. The van der Waals surface area contributed by atoms with Gasteiger partial charge in [0.25, 0.3) is 0 Å². The first-order chi connectivity index (χ1) is 9.61. The van der Waals surface area contributed by atoms with Crippen molar-refractivity contribution in [1.29, 1.82) is 0 Å². The second-order valence-electron chi connectivity index (χ2n) is 5.23. The third kappa shape index (κ3) is 3.93. The first kappa shape index (κ1) is 15.7. The summed E-state index contributed by atoms with van der Waals surface area (Å²) in [5, 5.41) is 3.43. The third-order valence-electron chi connectivity index (χ3n) is 3.82. The number of thioether (sulfide) groups is 1. The number of benzene rings is 1. The molecule has 2 unspecified atom stereocenters. The molecule has 0 aliphatic carbocycles. The molecule has 2 rings (SSSR count). The molecule has 0 aromatic heterocycles. The van der Waals surface area contributed by atoms with E-state index in [1.54, 1.807) is 0 Å². The molecule has 1 fully saturated rings. The highest BCUT2D eigenvalue weighted by Gasteiger charge is 2.28. The molecule has 1 aromatic carbocycles. The topological polar surface area (TPSA) is 15.3 Å². The zero-order valence-electron chi connectivity index (χ0n) is 12.0. The fourth-order valence-electron chi connectivity index (χ4n) is 2.67. The Bertz CT molecular complexity index is 442. The van der Waals surface area contributed by atoms with Gasteiger partial charge >= 0.3 is 0 Å². The van der Waals surface area contributed by atoms with Crippen molar-refractivity contribution in [3.05, 3.63) is 35.4 Å². The van der Waals surface area contributed by atoms with Crippen LogP contribution in [-0.4, -0.2) is 48.6 Å². The molecule has 2 atom stereocenters. The van der Waals surface area contributed by atoms with Gasteiger partial charge in [0.15, 0.2) is 0 Å². The molecule has 1 heterocycles. The monoisotopic (exact) mass is 300 g/mol. The Morgan fingerprint density at radius 1 is 1.45 bits per heavy atom. The van der Waals surface area contributed by atoms with Gasteiger partial charge in [0.05, 0.1) is 0 Å². The maximum absolute atomic E-state index is 13.8. The molecule has 0 bridgehead atoms. The number of rotatable bonds is 5. The van der Waals surface area contributed by atoms with Gasteiger partial charge in [-0.3, -0.25) is 0 Å². The molecular formula is C15H22F2N2S. The summed E-state index contributed by atoms with van der Waals surface area (Å²) in [6, 6.07) is 4.21. The van der Waals surface area contributed by atoms with Gasteiger partial charge in [0, 0.05) is 30.1 Å². The molecule has 1 aromatic rings. The van der Waals surface area contributed by atoms with Crippen molar-refractivity contribution >= 4 is 11.8 Å². The molecule has 0 spiro atoms. The molecule has 20 heavy (non-hydrogen) atoms. The molecule has 0 amide bonds. The highest BCUT2D eigenvalue weighted by atomic mass is 32.2. The van der Waals surface area contributed by atoms with Crippen molar-refractivity contribution in [2.75, 3.05) is 31.6 Å². The van der Waals surface area contributed by atoms with Gasteiger partial charge in [0.2, 0.25) is 0 Å². The lowest BCUT2D eigenvalue weighted by Gasteiger charge is -2.38. The van der Waals surface area contributed by atoms with Crippen LogP contribution in [0.1, 0.15) is 12.5 Å². The number of halogens is 2.